The summed E-state index contributed by atoms with van der Waals surface area (Å²) in [6, 6.07) is 26.0. The van der Waals surface area contributed by atoms with Gasteiger partial charge < -0.3 is 32.9 Å². The van der Waals surface area contributed by atoms with E-state index in [1.807, 2.05) is 114 Å². The highest BCUT2D eigenvalue weighted by molar-refractivity contribution is 5.85. The number of aliphatic hydroxyl groups excluding tert-OH is 1. The van der Waals surface area contributed by atoms with E-state index >= 15 is 0 Å². The molecule has 298 valence electrons. The number of methoxy groups -OCH3 is 2. The number of ether oxygens (including phenoxy) is 4. The van der Waals surface area contributed by atoms with Crippen molar-refractivity contribution in [2.45, 2.75) is 92.0 Å². The van der Waals surface area contributed by atoms with Crippen molar-refractivity contribution in [3.8, 4) is 45.3 Å². The second kappa shape index (κ2) is 14.4. The predicted octanol–water partition coefficient (Wildman–Crippen LogP) is 10.4. The van der Waals surface area contributed by atoms with Crippen LogP contribution in [0, 0.1) is 24.7 Å². The lowest BCUT2D eigenvalue weighted by Gasteiger charge is -2.61. The minimum atomic E-state index is -0.647. The molecule has 0 spiro atoms. The van der Waals surface area contributed by atoms with Gasteiger partial charge in [0.2, 0.25) is 0 Å². The molecule has 1 fully saturated rings. The zero-order valence-corrected chi connectivity index (χ0v) is 34.5. The van der Waals surface area contributed by atoms with Gasteiger partial charge in [0.1, 0.15) is 45.4 Å². The molecule has 1 aliphatic carbocycles. The Bertz CT molecular complexity index is 2440. The van der Waals surface area contributed by atoms with Crippen molar-refractivity contribution >= 4 is 21.9 Å². The van der Waals surface area contributed by atoms with E-state index in [0.717, 1.165) is 28.3 Å². The van der Waals surface area contributed by atoms with Crippen LogP contribution in [0.1, 0.15) is 71.9 Å². The van der Waals surface area contributed by atoms with Crippen LogP contribution < -0.4 is 30.2 Å². The van der Waals surface area contributed by atoms with Gasteiger partial charge in [-0.1, -0.05) is 38.1 Å². The molecule has 0 saturated heterocycles. The number of benzene rings is 4. The minimum Gasteiger partial charge on any atom is -0.496 e. The normalized spacial score (nSPS) is 19.7. The Hall–Kier alpha value is -5.54. The molecular formula is C48H52O9. The Kier molecular flexibility index (Phi) is 10.1. The monoisotopic (exact) mass is 772 g/mol. The van der Waals surface area contributed by atoms with E-state index in [2.05, 4.69) is 13.8 Å². The Labute approximate surface area is 333 Å². The minimum absolute atomic E-state index is 0.413. The van der Waals surface area contributed by atoms with E-state index in [4.69, 9.17) is 27.8 Å². The van der Waals surface area contributed by atoms with E-state index in [1.165, 1.54) is 0 Å². The molecule has 0 bridgehead atoms. The quantitative estimate of drug-likeness (QED) is 0.121. The molecule has 2 unspecified atom stereocenters. The molecule has 4 aromatic carbocycles. The first-order chi connectivity index (χ1) is 26.8. The van der Waals surface area contributed by atoms with Gasteiger partial charge in [-0.15, -0.1) is 0 Å². The third-order valence-corrected chi connectivity index (χ3v) is 11.3. The van der Waals surface area contributed by atoms with Gasteiger partial charge in [0.15, 0.2) is 0 Å². The Morgan fingerprint density at radius 1 is 0.614 bits per heavy atom. The van der Waals surface area contributed by atoms with Crippen LogP contribution in [-0.2, 0) is 0 Å². The molecule has 1 saturated carbocycles. The summed E-state index contributed by atoms with van der Waals surface area (Å²) >= 11 is 0. The van der Waals surface area contributed by atoms with E-state index < -0.39 is 39.4 Å². The molecule has 57 heavy (non-hydrogen) atoms. The molecule has 1 aliphatic rings. The van der Waals surface area contributed by atoms with Gasteiger partial charge in [-0.25, -0.2) is 9.59 Å². The molecular weight excluding hydrogens is 721 g/mol. The first kappa shape index (κ1) is 39.7. The summed E-state index contributed by atoms with van der Waals surface area (Å²) in [5, 5.41) is 13.3. The van der Waals surface area contributed by atoms with Crippen molar-refractivity contribution < 1.29 is 32.9 Å². The van der Waals surface area contributed by atoms with Gasteiger partial charge in [-0.3, -0.25) is 0 Å². The van der Waals surface area contributed by atoms with Gasteiger partial charge in [0.05, 0.1) is 31.5 Å². The first-order valence-corrected chi connectivity index (χ1v) is 19.3. The van der Waals surface area contributed by atoms with Gasteiger partial charge in [0, 0.05) is 34.0 Å². The van der Waals surface area contributed by atoms with Crippen LogP contribution in [0.4, 0.5) is 0 Å². The fourth-order valence-electron chi connectivity index (χ4n) is 9.53. The van der Waals surface area contributed by atoms with E-state index in [9.17, 15) is 14.7 Å². The molecule has 9 nitrogen and oxygen atoms in total. The van der Waals surface area contributed by atoms with Crippen LogP contribution in [0.2, 0.25) is 0 Å². The summed E-state index contributed by atoms with van der Waals surface area (Å²) in [6.07, 6.45) is 1.32. The van der Waals surface area contributed by atoms with Crippen molar-refractivity contribution in [2.24, 2.45) is 10.8 Å². The molecule has 9 heteroatoms. The second-order valence-electron chi connectivity index (χ2n) is 17.7. The number of hydrogen-bond acceptors (Lipinski definition) is 9. The van der Waals surface area contributed by atoms with Gasteiger partial charge in [0.25, 0.3) is 0 Å². The average molecular weight is 773 g/mol. The van der Waals surface area contributed by atoms with Crippen LogP contribution >= 0.6 is 0 Å². The maximum atomic E-state index is 13.1. The standard InChI is InChI=1S/C48H52O9/c1-28-11-17-34(40(19-28)52-9)36-21-30-13-15-32(23-38(30)54-42(36)49)56-45(3,4)25-47(7)27-48(8,44(47)51)26-46(5,6)57-33-16-14-31-22-37(43(50)55-39(31)24-33)35-18-12-29(2)20-41(35)53-10/h11-24,44,51H,25-27H2,1-10H3. The van der Waals surface area contributed by atoms with E-state index in [-0.39, 0.29) is 0 Å². The lowest BCUT2D eigenvalue weighted by molar-refractivity contribution is -0.205. The third-order valence-electron chi connectivity index (χ3n) is 11.3. The maximum absolute atomic E-state index is 13.1. The highest BCUT2D eigenvalue weighted by atomic mass is 16.5. The molecule has 0 aliphatic heterocycles. The molecule has 2 heterocycles. The molecule has 0 amide bonds. The predicted molar refractivity (Wildman–Crippen MR) is 224 cm³/mol. The first-order valence-electron chi connectivity index (χ1n) is 19.3. The van der Waals surface area contributed by atoms with Crippen LogP contribution in [0.25, 0.3) is 44.2 Å². The number of hydrogen-bond donors (Lipinski definition) is 1. The van der Waals surface area contributed by atoms with Crippen LogP contribution in [0.15, 0.2) is 103 Å². The van der Waals surface area contributed by atoms with Crippen LogP contribution in [-0.4, -0.2) is 36.6 Å². The van der Waals surface area contributed by atoms with Crippen molar-refractivity contribution in [1.29, 1.82) is 0 Å². The van der Waals surface area contributed by atoms with Gasteiger partial charge in [-0.05, 0) is 131 Å². The zero-order chi connectivity index (χ0) is 41.1. The summed E-state index contributed by atoms with van der Waals surface area (Å²) in [6.45, 7) is 16.2. The second-order valence-corrected chi connectivity index (χ2v) is 17.7. The molecule has 1 N–H and O–H groups in total. The Morgan fingerprint density at radius 2 is 1.02 bits per heavy atom. The van der Waals surface area contributed by atoms with E-state index in [1.54, 1.807) is 26.4 Å². The Balaban J connectivity index is 1.01. The summed E-state index contributed by atoms with van der Waals surface area (Å²) in [5.74, 6) is 2.36. The molecule has 2 aromatic heterocycles. The lowest BCUT2D eigenvalue weighted by Crippen LogP contribution is -2.62. The maximum Gasteiger partial charge on any atom is 0.344 e. The summed E-state index contributed by atoms with van der Waals surface area (Å²) in [4.78, 5) is 26.3. The summed E-state index contributed by atoms with van der Waals surface area (Å²) < 4.78 is 35.7. The molecule has 7 rings (SSSR count). The largest absolute Gasteiger partial charge is 0.496 e. The molecule has 6 aromatic rings. The Morgan fingerprint density at radius 3 is 1.39 bits per heavy atom. The number of aryl methyl sites for hydroxylation is 2. The van der Waals surface area contributed by atoms with Crippen molar-refractivity contribution in [3.05, 3.63) is 117 Å². The number of fused-ring (bicyclic) bond motifs is 2. The van der Waals surface area contributed by atoms with Gasteiger partial charge in [-0.2, -0.15) is 0 Å². The topological polar surface area (TPSA) is 118 Å². The fraction of sp³-hybridized carbons (Fsp3) is 0.375. The average Bonchev–Trinajstić information content (AvgIpc) is 3.13. The highest BCUT2D eigenvalue weighted by Gasteiger charge is 2.60. The lowest BCUT2D eigenvalue weighted by atomic mass is 9.47. The van der Waals surface area contributed by atoms with Crippen molar-refractivity contribution in [2.75, 3.05) is 14.2 Å². The smallest absolute Gasteiger partial charge is 0.344 e. The summed E-state index contributed by atoms with van der Waals surface area (Å²) in [7, 11) is 3.17. The SMILES string of the molecule is COc1cc(C)ccc1-c1cc2ccc(OC(C)(C)CC3(C)CC(C)(CC(C)(C)Oc4ccc5cc(-c6ccc(C)cc6OC)c(=O)oc5c4)C3O)cc2oc1=O. The highest BCUT2D eigenvalue weighted by Crippen LogP contribution is 2.61. The number of rotatable bonds is 12. The van der Waals surface area contributed by atoms with Crippen LogP contribution in [0.3, 0.4) is 0 Å². The van der Waals surface area contributed by atoms with E-state index in [0.29, 0.717) is 69.3 Å². The summed E-state index contributed by atoms with van der Waals surface area (Å²) in [5.41, 5.74) is 2.07. The van der Waals surface area contributed by atoms with Crippen molar-refractivity contribution in [3.63, 3.8) is 0 Å². The van der Waals surface area contributed by atoms with Crippen molar-refractivity contribution in [1.82, 2.24) is 0 Å². The van der Waals surface area contributed by atoms with Crippen LogP contribution in [0.5, 0.6) is 23.0 Å². The fourth-order valence-corrected chi connectivity index (χ4v) is 9.53. The number of aliphatic hydroxyl groups is 1. The van der Waals surface area contributed by atoms with Gasteiger partial charge >= 0.3 is 11.3 Å². The molecule has 0 radical (unpaired) electrons. The molecule has 2 atom stereocenters. The zero-order valence-electron chi connectivity index (χ0n) is 34.5. The third kappa shape index (κ3) is 7.90.